The summed E-state index contributed by atoms with van der Waals surface area (Å²) in [5, 5.41) is 14.0. The summed E-state index contributed by atoms with van der Waals surface area (Å²) in [4.78, 5) is 18.9. The van der Waals surface area contributed by atoms with Gasteiger partial charge in [-0.25, -0.2) is 19.4 Å². The lowest BCUT2D eigenvalue weighted by molar-refractivity contribution is 0.0696. The van der Waals surface area contributed by atoms with Crippen molar-refractivity contribution in [2.45, 2.75) is 10.2 Å². The van der Waals surface area contributed by atoms with E-state index in [9.17, 15) is 4.79 Å². The summed E-state index contributed by atoms with van der Waals surface area (Å²) in [6.07, 6.45) is 1.41. The summed E-state index contributed by atoms with van der Waals surface area (Å²) in [7, 11) is 1.73. The molecular weight excluding hydrogens is 264 g/mol. The van der Waals surface area contributed by atoms with Crippen LogP contribution in [0.1, 0.15) is 10.4 Å². The first-order valence-electron chi connectivity index (χ1n) is 4.49. The zero-order chi connectivity index (χ0) is 12.4. The third-order valence-corrected chi connectivity index (χ3v) is 3.05. The van der Waals surface area contributed by atoms with Crippen LogP contribution >= 0.6 is 23.4 Å². The molecule has 0 saturated carbocycles. The van der Waals surface area contributed by atoms with Crippen molar-refractivity contribution in [1.29, 1.82) is 0 Å². The zero-order valence-corrected chi connectivity index (χ0v) is 10.2. The van der Waals surface area contributed by atoms with Gasteiger partial charge in [-0.3, -0.25) is 0 Å². The molecular formula is C9H7ClN4O2S. The molecule has 2 aromatic rings. The first-order chi connectivity index (χ1) is 8.06. The molecule has 8 heteroatoms. The Morgan fingerprint density at radius 2 is 2.29 bits per heavy atom. The molecule has 2 heterocycles. The molecule has 1 N–H and O–H groups in total. The smallest absolute Gasteiger partial charge is 0.335 e. The summed E-state index contributed by atoms with van der Waals surface area (Å²) in [5.41, 5.74) is 0.0923. The first-order valence-corrected chi connectivity index (χ1v) is 5.68. The van der Waals surface area contributed by atoms with Crippen LogP contribution in [0.4, 0.5) is 0 Å². The maximum atomic E-state index is 10.8. The molecule has 0 radical (unpaired) electrons. The summed E-state index contributed by atoms with van der Waals surface area (Å²) in [6, 6.07) is 2.73. The molecule has 0 saturated heterocycles. The van der Waals surface area contributed by atoms with Gasteiger partial charge in [0, 0.05) is 7.05 Å². The van der Waals surface area contributed by atoms with Crippen molar-refractivity contribution in [3.63, 3.8) is 0 Å². The van der Waals surface area contributed by atoms with E-state index in [4.69, 9.17) is 16.7 Å². The van der Waals surface area contributed by atoms with Gasteiger partial charge in [0.05, 0.1) is 5.56 Å². The van der Waals surface area contributed by atoms with E-state index in [1.807, 2.05) is 0 Å². The fraction of sp³-hybridized carbons (Fsp3) is 0.111. The summed E-state index contributed by atoms with van der Waals surface area (Å²) < 4.78 is 1.56. The van der Waals surface area contributed by atoms with Crippen molar-refractivity contribution in [2.75, 3.05) is 0 Å². The van der Waals surface area contributed by atoms with Crippen molar-refractivity contribution in [1.82, 2.24) is 19.7 Å². The minimum absolute atomic E-state index is 0.0923. The molecule has 0 atom stereocenters. The lowest BCUT2D eigenvalue weighted by Crippen LogP contribution is -1.98. The van der Waals surface area contributed by atoms with E-state index in [0.717, 1.165) is 0 Å². The topological polar surface area (TPSA) is 80.9 Å². The molecule has 6 nitrogen and oxygen atoms in total. The highest BCUT2D eigenvalue weighted by atomic mass is 35.5. The van der Waals surface area contributed by atoms with E-state index in [0.29, 0.717) is 10.2 Å². The van der Waals surface area contributed by atoms with Crippen LogP contribution in [0.5, 0.6) is 0 Å². The fourth-order valence-electron chi connectivity index (χ4n) is 1.12. The third-order valence-electron chi connectivity index (χ3n) is 1.88. The molecule has 0 aliphatic carbocycles. The number of hydrogen-bond donors (Lipinski definition) is 1. The molecule has 0 aromatic carbocycles. The van der Waals surface area contributed by atoms with Crippen LogP contribution in [0.3, 0.4) is 0 Å². The van der Waals surface area contributed by atoms with Gasteiger partial charge in [-0.2, -0.15) is 5.10 Å². The zero-order valence-electron chi connectivity index (χ0n) is 8.66. The van der Waals surface area contributed by atoms with Gasteiger partial charge in [-0.1, -0.05) is 11.6 Å². The number of rotatable bonds is 3. The molecule has 2 rings (SSSR count). The number of nitrogens with zero attached hydrogens (tertiary/aromatic N) is 4. The summed E-state index contributed by atoms with van der Waals surface area (Å²) in [5.74, 6) is -1.05. The third kappa shape index (κ3) is 2.75. The lowest BCUT2D eigenvalue weighted by atomic mass is 10.3. The van der Waals surface area contributed by atoms with Gasteiger partial charge in [-0.15, -0.1) is 0 Å². The van der Waals surface area contributed by atoms with Gasteiger partial charge < -0.3 is 5.11 Å². The summed E-state index contributed by atoms with van der Waals surface area (Å²) in [6.45, 7) is 0. The molecule has 2 aromatic heterocycles. The molecule has 0 amide bonds. The Bertz CT molecular complexity index is 572. The van der Waals surface area contributed by atoms with Crippen LogP contribution < -0.4 is 0 Å². The Hall–Kier alpha value is -1.60. The number of aryl methyl sites for hydroxylation is 1. The van der Waals surface area contributed by atoms with E-state index in [1.165, 1.54) is 30.2 Å². The molecule has 0 fully saturated rings. The van der Waals surface area contributed by atoms with Crippen molar-refractivity contribution in [2.24, 2.45) is 7.05 Å². The Kier molecular flexibility index (Phi) is 3.30. The van der Waals surface area contributed by atoms with Gasteiger partial charge in [-0.05, 0) is 23.9 Å². The molecule has 17 heavy (non-hydrogen) atoms. The van der Waals surface area contributed by atoms with Crippen LogP contribution in [-0.4, -0.2) is 30.8 Å². The van der Waals surface area contributed by atoms with Crippen LogP contribution in [0.25, 0.3) is 0 Å². The molecule has 0 bridgehead atoms. The first kappa shape index (κ1) is 11.9. The van der Waals surface area contributed by atoms with Crippen LogP contribution in [0.2, 0.25) is 5.15 Å². The van der Waals surface area contributed by atoms with E-state index in [2.05, 4.69) is 15.1 Å². The normalized spacial score (nSPS) is 10.5. The van der Waals surface area contributed by atoms with E-state index >= 15 is 0 Å². The SMILES string of the molecule is Cn1ncnc1Sc1cc(C(=O)O)cc(Cl)n1. The Labute approximate surface area is 106 Å². The summed E-state index contributed by atoms with van der Waals surface area (Å²) >= 11 is 6.94. The van der Waals surface area contributed by atoms with Crippen LogP contribution in [-0.2, 0) is 7.05 Å². The van der Waals surface area contributed by atoms with E-state index in [1.54, 1.807) is 11.7 Å². The van der Waals surface area contributed by atoms with Gasteiger partial charge in [0.15, 0.2) is 5.16 Å². The fourth-order valence-corrected chi connectivity index (χ4v) is 2.17. The number of pyridine rings is 1. The second-order valence-electron chi connectivity index (χ2n) is 3.09. The number of carboxylic acid groups (broad SMARTS) is 1. The number of aromatic nitrogens is 4. The molecule has 0 spiro atoms. The second kappa shape index (κ2) is 4.72. The largest absolute Gasteiger partial charge is 0.478 e. The number of hydrogen-bond acceptors (Lipinski definition) is 5. The Morgan fingerprint density at radius 1 is 1.53 bits per heavy atom. The Morgan fingerprint density at radius 3 is 2.88 bits per heavy atom. The monoisotopic (exact) mass is 270 g/mol. The predicted octanol–water partition coefficient (Wildman–Crippen LogP) is 1.71. The van der Waals surface area contributed by atoms with Crippen molar-refractivity contribution < 1.29 is 9.90 Å². The van der Waals surface area contributed by atoms with Crippen molar-refractivity contribution in [3.05, 3.63) is 29.2 Å². The number of carboxylic acids is 1. The average molecular weight is 271 g/mol. The van der Waals surface area contributed by atoms with E-state index < -0.39 is 5.97 Å². The van der Waals surface area contributed by atoms with Gasteiger partial charge in [0.2, 0.25) is 0 Å². The number of carbonyl (C=O) groups is 1. The van der Waals surface area contributed by atoms with E-state index in [-0.39, 0.29) is 10.7 Å². The van der Waals surface area contributed by atoms with Gasteiger partial charge in [0.1, 0.15) is 16.5 Å². The van der Waals surface area contributed by atoms with Gasteiger partial charge in [0.25, 0.3) is 0 Å². The number of halogens is 1. The van der Waals surface area contributed by atoms with Crippen molar-refractivity contribution in [3.8, 4) is 0 Å². The maximum Gasteiger partial charge on any atom is 0.335 e. The predicted molar refractivity (Wildman–Crippen MR) is 61.3 cm³/mol. The minimum atomic E-state index is -1.05. The van der Waals surface area contributed by atoms with Gasteiger partial charge >= 0.3 is 5.97 Å². The quantitative estimate of drug-likeness (QED) is 0.855. The standard InChI is InChI=1S/C9H7ClN4O2S/c1-14-9(11-4-12-14)17-7-3-5(8(15)16)2-6(10)13-7/h2-4H,1H3,(H,15,16). The minimum Gasteiger partial charge on any atom is -0.478 e. The second-order valence-corrected chi connectivity index (χ2v) is 4.47. The maximum absolute atomic E-state index is 10.8. The van der Waals surface area contributed by atoms with Crippen molar-refractivity contribution >= 4 is 29.3 Å². The van der Waals surface area contributed by atoms with Crippen LogP contribution in [0, 0.1) is 0 Å². The van der Waals surface area contributed by atoms with Crippen LogP contribution in [0.15, 0.2) is 28.6 Å². The highest BCUT2D eigenvalue weighted by Gasteiger charge is 2.10. The number of aromatic carboxylic acids is 1. The molecule has 88 valence electrons. The molecule has 0 unspecified atom stereocenters. The Balaban J connectivity index is 2.33. The molecule has 0 aliphatic heterocycles. The highest BCUT2D eigenvalue weighted by Crippen LogP contribution is 2.25. The average Bonchev–Trinajstić information content (AvgIpc) is 2.63. The highest BCUT2D eigenvalue weighted by molar-refractivity contribution is 7.99. The lowest BCUT2D eigenvalue weighted by Gasteiger charge is -2.02. The molecule has 0 aliphatic rings.